The van der Waals surface area contributed by atoms with E-state index in [0.29, 0.717) is 23.0 Å². The number of carbonyl (C=O) groups excluding carboxylic acids is 1. The maximum Gasteiger partial charge on any atom is 0.255 e. The number of ether oxygens (including phenoxy) is 1. The van der Waals surface area contributed by atoms with Crippen LogP contribution in [0.25, 0.3) is 0 Å². The molecule has 1 aliphatic rings. The Morgan fingerprint density at radius 2 is 2.21 bits per heavy atom. The Bertz CT molecular complexity index is 1010. The molecule has 2 aromatic carbocycles. The van der Waals surface area contributed by atoms with E-state index in [-0.39, 0.29) is 24.4 Å². The largest absolute Gasteiger partial charge is 0.485 e. The van der Waals surface area contributed by atoms with Gasteiger partial charge in [0.2, 0.25) is 11.7 Å². The minimum Gasteiger partial charge on any atom is -0.485 e. The van der Waals surface area contributed by atoms with Crippen LogP contribution < -0.4 is 10.1 Å². The van der Waals surface area contributed by atoms with Crippen molar-refractivity contribution >= 4 is 17.7 Å². The molecular formula is C20H18FN3O3S. The summed E-state index contributed by atoms with van der Waals surface area (Å²) in [4.78, 5) is 18.0. The molecule has 144 valence electrons. The summed E-state index contributed by atoms with van der Waals surface area (Å²) in [6.45, 7) is 1.79. The predicted molar refractivity (Wildman–Crippen MR) is 102 cm³/mol. The van der Waals surface area contributed by atoms with Crippen LogP contribution in [0.4, 0.5) is 4.39 Å². The van der Waals surface area contributed by atoms with E-state index in [1.54, 1.807) is 49.0 Å². The second-order valence-electron chi connectivity index (χ2n) is 6.36. The van der Waals surface area contributed by atoms with Crippen LogP contribution in [0.1, 0.15) is 40.1 Å². The number of nitrogens with zero attached hydrogens (tertiary/aromatic N) is 2. The van der Waals surface area contributed by atoms with E-state index < -0.39 is 0 Å². The topological polar surface area (TPSA) is 77.2 Å². The number of rotatable bonds is 5. The van der Waals surface area contributed by atoms with Crippen molar-refractivity contribution in [3.8, 4) is 5.75 Å². The second-order valence-corrected chi connectivity index (χ2v) is 7.50. The quantitative estimate of drug-likeness (QED) is 0.697. The molecule has 0 saturated heterocycles. The van der Waals surface area contributed by atoms with Crippen LogP contribution in [0.2, 0.25) is 0 Å². The molecule has 0 spiro atoms. The molecule has 28 heavy (non-hydrogen) atoms. The number of amides is 1. The first-order valence-corrected chi connectivity index (χ1v) is 9.83. The molecule has 0 fully saturated rings. The summed E-state index contributed by atoms with van der Waals surface area (Å²) < 4.78 is 24.3. The lowest BCUT2D eigenvalue weighted by atomic mass is 10.0. The fourth-order valence-corrected chi connectivity index (χ4v) is 4.18. The Kier molecular flexibility index (Phi) is 5.29. The summed E-state index contributed by atoms with van der Waals surface area (Å²) >= 11 is 1.67. The number of para-hydroxylation sites is 1. The van der Waals surface area contributed by atoms with Crippen molar-refractivity contribution in [2.24, 2.45) is 0 Å². The maximum atomic E-state index is 13.7. The zero-order chi connectivity index (χ0) is 19.5. The first-order chi connectivity index (χ1) is 13.6. The highest BCUT2D eigenvalue weighted by Crippen LogP contribution is 2.36. The van der Waals surface area contributed by atoms with Crippen molar-refractivity contribution < 1.29 is 18.4 Å². The third kappa shape index (κ3) is 4.01. The van der Waals surface area contributed by atoms with E-state index in [1.807, 2.05) is 0 Å². The van der Waals surface area contributed by atoms with Crippen LogP contribution in [0.15, 0.2) is 51.9 Å². The van der Waals surface area contributed by atoms with Gasteiger partial charge in [-0.2, -0.15) is 4.98 Å². The van der Waals surface area contributed by atoms with Crippen molar-refractivity contribution in [2.45, 2.75) is 30.9 Å². The zero-order valence-corrected chi connectivity index (χ0v) is 16.0. The van der Waals surface area contributed by atoms with E-state index in [0.717, 1.165) is 22.6 Å². The molecule has 1 unspecified atom stereocenters. The number of aromatic nitrogens is 2. The molecule has 0 radical (unpaired) electrons. The van der Waals surface area contributed by atoms with Crippen LogP contribution in [0.5, 0.6) is 5.75 Å². The Balaban J connectivity index is 1.51. The van der Waals surface area contributed by atoms with E-state index in [2.05, 4.69) is 15.5 Å². The fraction of sp³-hybridized carbons (Fsp3) is 0.250. The Morgan fingerprint density at radius 3 is 3.04 bits per heavy atom. The van der Waals surface area contributed by atoms with Crippen molar-refractivity contribution in [1.29, 1.82) is 0 Å². The van der Waals surface area contributed by atoms with E-state index >= 15 is 0 Å². The Hall–Kier alpha value is -2.87. The predicted octanol–water partition coefficient (Wildman–Crippen LogP) is 4.06. The van der Waals surface area contributed by atoms with Gasteiger partial charge in [-0.25, -0.2) is 4.39 Å². The van der Waals surface area contributed by atoms with E-state index in [9.17, 15) is 9.18 Å². The van der Waals surface area contributed by atoms with Gasteiger partial charge in [0.15, 0.2) is 6.61 Å². The normalized spacial score (nSPS) is 15.7. The lowest BCUT2D eigenvalue weighted by Crippen LogP contribution is -2.31. The van der Waals surface area contributed by atoms with Crippen molar-refractivity contribution in [2.75, 3.05) is 5.75 Å². The van der Waals surface area contributed by atoms with Gasteiger partial charge in [-0.3, -0.25) is 4.79 Å². The number of aryl methyl sites for hydroxylation is 1. The number of thioether (sulfide) groups is 1. The molecular weight excluding hydrogens is 381 g/mol. The number of halogens is 1. The summed E-state index contributed by atoms with van der Waals surface area (Å²) in [6.07, 6.45) is 0.734. The molecule has 0 bridgehead atoms. The first-order valence-electron chi connectivity index (χ1n) is 8.84. The summed E-state index contributed by atoms with van der Waals surface area (Å²) in [5.74, 6) is 1.56. The van der Waals surface area contributed by atoms with Gasteiger partial charge in [0.25, 0.3) is 5.91 Å². The third-order valence-electron chi connectivity index (χ3n) is 4.37. The monoisotopic (exact) mass is 399 g/mol. The summed E-state index contributed by atoms with van der Waals surface area (Å²) in [6, 6.07) is 11.4. The molecule has 4 rings (SSSR count). The van der Waals surface area contributed by atoms with Gasteiger partial charge >= 0.3 is 0 Å². The number of carbonyl (C=O) groups is 1. The van der Waals surface area contributed by atoms with Gasteiger partial charge < -0.3 is 14.6 Å². The van der Waals surface area contributed by atoms with Crippen molar-refractivity contribution in [3.05, 3.63) is 71.1 Å². The summed E-state index contributed by atoms with van der Waals surface area (Å²) in [5.41, 5.74) is 1.21. The smallest absolute Gasteiger partial charge is 0.255 e. The van der Waals surface area contributed by atoms with Gasteiger partial charge in [-0.15, -0.1) is 11.8 Å². The van der Waals surface area contributed by atoms with Crippen LogP contribution in [-0.4, -0.2) is 21.8 Å². The average Bonchev–Trinajstić information content (AvgIpc) is 3.12. The van der Waals surface area contributed by atoms with Gasteiger partial charge in [-0.1, -0.05) is 17.3 Å². The molecule has 0 aliphatic carbocycles. The average molecular weight is 399 g/mol. The first kappa shape index (κ1) is 18.5. The Morgan fingerprint density at radius 1 is 1.36 bits per heavy atom. The highest BCUT2D eigenvalue weighted by Gasteiger charge is 2.24. The molecule has 1 amide bonds. The minimum atomic E-state index is -0.306. The van der Waals surface area contributed by atoms with Gasteiger partial charge in [-0.05, 0) is 42.3 Å². The van der Waals surface area contributed by atoms with Gasteiger partial charge in [0.05, 0.1) is 11.6 Å². The standard InChI is InChI=1S/C20H18FN3O3S/c1-12-22-19(24-27-12)11-26-17-5-3-2-4-14(17)20(25)23-16-8-9-28-18-7-6-13(21)10-15(16)18/h2-7,10,16H,8-9,11H2,1H3,(H,23,25). The molecule has 0 saturated carbocycles. The molecule has 2 heterocycles. The summed E-state index contributed by atoms with van der Waals surface area (Å²) in [7, 11) is 0. The van der Waals surface area contributed by atoms with Gasteiger partial charge in [0.1, 0.15) is 11.6 Å². The van der Waals surface area contributed by atoms with Crippen molar-refractivity contribution in [3.63, 3.8) is 0 Å². The molecule has 1 atom stereocenters. The van der Waals surface area contributed by atoms with E-state index in [4.69, 9.17) is 9.26 Å². The SMILES string of the molecule is Cc1nc(COc2ccccc2C(=O)NC2CCSc3ccc(F)cc32)no1. The molecule has 1 aliphatic heterocycles. The third-order valence-corrected chi connectivity index (χ3v) is 5.50. The van der Waals surface area contributed by atoms with Crippen molar-refractivity contribution in [1.82, 2.24) is 15.5 Å². The van der Waals surface area contributed by atoms with E-state index in [1.165, 1.54) is 12.1 Å². The molecule has 1 aromatic heterocycles. The fourth-order valence-electron chi connectivity index (χ4n) is 3.07. The zero-order valence-electron chi connectivity index (χ0n) is 15.1. The second kappa shape index (κ2) is 8.02. The number of fused-ring (bicyclic) bond motifs is 1. The lowest BCUT2D eigenvalue weighted by Gasteiger charge is -2.26. The minimum absolute atomic E-state index is 0.0930. The number of hydrogen-bond acceptors (Lipinski definition) is 6. The van der Waals surface area contributed by atoms with Crippen LogP contribution in [0, 0.1) is 12.7 Å². The highest BCUT2D eigenvalue weighted by atomic mass is 32.2. The molecule has 1 N–H and O–H groups in total. The molecule has 3 aromatic rings. The van der Waals surface area contributed by atoms with Crippen LogP contribution in [0.3, 0.4) is 0 Å². The number of hydrogen-bond donors (Lipinski definition) is 1. The van der Waals surface area contributed by atoms with Gasteiger partial charge in [0, 0.05) is 17.6 Å². The van der Waals surface area contributed by atoms with Crippen LogP contribution >= 0.6 is 11.8 Å². The summed E-state index contributed by atoms with van der Waals surface area (Å²) in [5, 5.41) is 6.80. The van der Waals surface area contributed by atoms with Crippen LogP contribution in [-0.2, 0) is 6.61 Å². The number of benzene rings is 2. The maximum absolute atomic E-state index is 13.7. The molecule has 6 nitrogen and oxygen atoms in total. The lowest BCUT2D eigenvalue weighted by molar-refractivity contribution is 0.0930. The highest BCUT2D eigenvalue weighted by molar-refractivity contribution is 7.99. The molecule has 8 heteroatoms. The number of nitrogens with one attached hydrogen (secondary N) is 1. The Labute approximate surface area is 165 Å².